The molecule has 3 aromatic rings. The van der Waals surface area contributed by atoms with Gasteiger partial charge in [0, 0.05) is 16.3 Å². The number of halogens is 3. The zero-order chi connectivity index (χ0) is 15.7. The minimum absolute atomic E-state index is 0.145. The summed E-state index contributed by atoms with van der Waals surface area (Å²) in [6.07, 6.45) is 0.180. The molecule has 0 aliphatic rings. The van der Waals surface area contributed by atoms with Crippen LogP contribution in [0, 0.1) is 0 Å². The molecule has 0 aliphatic carbocycles. The van der Waals surface area contributed by atoms with Crippen molar-refractivity contribution in [2.75, 3.05) is 5.32 Å². The largest absolute Gasteiger partial charge is 0.450 e. The Morgan fingerprint density at radius 2 is 2.00 bits per heavy atom. The Labute approximate surface area is 137 Å². The summed E-state index contributed by atoms with van der Waals surface area (Å²) in [5.41, 5.74) is 1.16. The van der Waals surface area contributed by atoms with Crippen molar-refractivity contribution in [2.24, 2.45) is 0 Å². The van der Waals surface area contributed by atoms with E-state index in [9.17, 15) is 9.32 Å². The van der Waals surface area contributed by atoms with E-state index in [1.807, 2.05) is 0 Å². The molecular formula is C13H6Cl2FN3O2S. The number of fused-ring (bicyclic) bond motifs is 1. The zero-order valence-electron chi connectivity index (χ0n) is 10.6. The van der Waals surface area contributed by atoms with Gasteiger partial charge in [-0.15, -0.1) is 11.3 Å². The Kier molecular flexibility index (Phi) is 4.10. The maximum atomic E-state index is 11.9. The number of carbonyl (C=O) groups is 1. The van der Waals surface area contributed by atoms with E-state index in [2.05, 4.69) is 20.2 Å². The second kappa shape index (κ2) is 6.04. The molecule has 2 aromatic heterocycles. The van der Waals surface area contributed by atoms with Gasteiger partial charge in [-0.05, 0) is 18.2 Å². The van der Waals surface area contributed by atoms with Gasteiger partial charge in [-0.25, -0.2) is 19.7 Å². The number of carbonyl (C=O) groups excluding carboxylic acids is 1. The van der Waals surface area contributed by atoms with Gasteiger partial charge in [-0.2, -0.15) is 0 Å². The highest BCUT2D eigenvalue weighted by Crippen LogP contribution is 2.40. The lowest BCUT2D eigenvalue weighted by Crippen LogP contribution is -2.10. The second-order valence-electron chi connectivity index (χ2n) is 4.11. The molecule has 0 spiro atoms. The van der Waals surface area contributed by atoms with E-state index in [-0.39, 0.29) is 5.82 Å². The summed E-state index contributed by atoms with van der Waals surface area (Å²) in [6.45, 7) is 0. The van der Waals surface area contributed by atoms with Crippen LogP contribution in [-0.2, 0) is 4.94 Å². The Morgan fingerprint density at radius 3 is 2.68 bits per heavy atom. The van der Waals surface area contributed by atoms with Crippen LogP contribution in [0.15, 0.2) is 30.5 Å². The normalized spacial score (nSPS) is 10.7. The molecule has 0 fully saturated rings. The molecule has 0 radical (unpaired) electrons. The molecule has 0 unspecified atom stereocenters. The third-order valence-electron chi connectivity index (χ3n) is 2.77. The van der Waals surface area contributed by atoms with Crippen LogP contribution in [0.25, 0.3) is 20.8 Å². The number of anilines is 1. The number of amides is 1. The summed E-state index contributed by atoms with van der Waals surface area (Å²) >= 11 is 13.6. The summed E-state index contributed by atoms with van der Waals surface area (Å²) in [6, 6.07) is 6.79. The highest BCUT2D eigenvalue weighted by molar-refractivity contribution is 7.22. The summed E-state index contributed by atoms with van der Waals surface area (Å²) in [7, 11) is 0. The van der Waals surface area contributed by atoms with Crippen molar-refractivity contribution in [3.8, 4) is 10.6 Å². The number of thiazole rings is 1. The molecule has 5 nitrogen and oxygen atoms in total. The average Bonchev–Trinajstić information content (AvgIpc) is 2.91. The van der Waals surface area contributed by atoms with Crippen molar-refractivity contribution in [3.05, 3.63) is 40.5 Å². The monoisotopic (exact) mass is 357 g/mol. The molecule has 0 atom stereocenters. The molecule has 0 saturated heterocycles. The van der Waals surface area contributed by atoms with Crippen LogP contribution in [-0.4, -0.2) is 16.1 Å². The van der Waals surface area contributed by atoms with E-state index in [1.54, 1.807) is 24.3 Å². The summed E-state index contributed by atoms with van der Waals surface area (Å²) in [5, 5.41) is 3.66. The minimum Gasteiger partial charge on any atom is -0.271 e. The lowest BCUT2D eigenvalue weighted by Gasteiger charge is -2.02. The number of pyridine rings is 1. The Morgan fingerprint density at radius 1 is 1.27 bits per heavy atom. The number of benzene rings is 1. The number of rotatable bonds is 2. The van der Waals surface area contributed by atoms with E-state index in [0.29, 0.717) is 30.8 Å². The van der Waals surface area contributed by atoms with Crippen LogP contribution >= 0.6 is 34.5 Å². The van der Waals surface area contributed by atoms with Crippen LogP contribution in [0.4, 0.5) is 15.1 Å². The minimum atomic E-state index is -1.26. The maximum absolute atomic E-state index is 11.9. The first-order valence-electron chi connectivity index (χ1n) is 5.89. The maximum Gasteiger partial charge on any atom is 0.450 e. The van der Waals surface area contributed by atoms with E-state index < -0.39 is 6.09 Å². The van der Waals surface area contributed by atoms with Gasteiger partial charge in [0.05, 0.1) is 20.3 Å². The molecule has 0 saturated carbocycles. The van der Waals surface area contributed by atoms with Crippen LogP contribution in [0.2, 0.25) is 10.0 Å². The topological polar surface area (TPSA) is 64.1 Å². The molecule has 112 valence electrons. The molecule has 9 heteroatoms. The van der Waals surface area contributed by atoms with E-state index in [4.69, 9.17) is 23.2 Å². The Hall–Kier alpha value is -1.96. The van der Waals surface area contributed by atoms with Gasteiger partial charge in [0.2, 0.25) is 0 Å². The Bertz CT molecular complexity index is 851. The first kappa shape index (κ1) is 15.0. The first-order chi connectivity index (χ1) is 10.6. The van der Waals surface area contributed by atoms with Gasteiger partial charge in [0.25, 0.3) is 0 Å². The molecule has 1 amide bonds. The quantitative estimate of drug-likeness (QED) is 0.692. The summed E-state index contributed by atoms with van der Waals surface area (Å²) in [4.78, 5) is 22.5. The highest BCUT2D eigenvalue weighted by atomic mass is 35.5. The predicted octanol–water partition coefficient (Wildman–Crippen LogP) is 5.10. The van der Waals surface area contributed by atoms with Crippen molar-refractivity contribution in [2.45, 2.75) is 0 Å². The highest BCUT2D eigenvalue weighted by Gasteiger charge is 2.17. The third-order valence-corrected chi connectivity index (χ3v) is 4.50. The number of aromatic nitrogens is 2. The number of nitrogens with zero attached hydrogens (tertiary/aromatic N) is 2. The van der Waals surface area contributed by atoms with Crippen molar-refractivity contribution in [1.29, 1.82) is 0 Å². The predicted molar refractivity (Wildman–Crippen MR) is 84.1 cm³/mol. The molecule has 22 heavy (non-hydrogen) atoms. The lowest BCUT2D eigenvalue weighted by molar-refractivity contribution is -0.0544. The van der Waals surface area contributed by atoms with Crippen LogP contribution in [0.5, 0.6) is 0 Å². The molecule has 1 N–H and O–H groups in total. The SMILES string of the molecule is O=C(Nc1nccc2nc(-c3c(Cl)cccc3Cl)sc12)OF. The second-order valence-corrected chi connectivity index (χ2v) is 5.93. The third kappa shape index (κ3) is 2.70. The molecule has 1 aromatic carbocycles. The van der Waals surface area contributed by atoms with E-state index in [0.717, 1.165) is 0 Å². The molecule has 0 aliphatic heterocycles. The van der Waals surface area contributed by atoms with Crippen LogP contribution in [0.3, 0.4) is 0 Å². The smallest absolute Gasteiger partial charge is 0.271 e. The number of hydrogen-bond donors (Lipinski definition) is 1. The van der Waals surface area contributed by atoms with Gasteiger partial charge in [0.1, 0.15) is 5.01 Å². The number of nitrogens with one attached hydrogen (secondary N) is 1. The van der Waals surface area contributed by atoms with Gasteiger partial charge in [-0.3, -0.25) is 5.32 Å². The standard InChI is InChI=1S/C13H6Cl2FN3O2S/c14-6-2-1-3-7(15)9(6)12-18-8-4-5-17-11(10(8)22-12)19-13(20)21-16/h1-5H,(H,17,19,20). The van der Waals surface area contributed by atoms with Crippen LogP contribution < -0.4 is 5.32 Å². The lowest BCUT2D eigenvalue weighted by atomic mass is 10.2. The molecule has 0 bridgehead atoms. The Balaban J connectivity index is 2.14. The van der Waals surface area contributed by atoms with Crippen molar-refractivity contribution < 1.29 is 14.3 Å². The van der Waals surface area contributed by atoms with Gasteiger partial charge in [-0.1, -0.05) is 29.3 Å². The fourth-order valence-electron chi connectivity index (χ4n) is 1.87. The molecule has 2 heterocycles. The van der Waals surface area contributed by atoms with Crippen LogP contribution in [0.1, 0.15) is 0 Å². The van der Waals surface area contributed by atoms with E-state index in [1.165, 1.54) is 17.5 Å². The molecule has 3 rings (SSSR count). The van der Waals surface area contributed by atoms with Crippen molar-refractivity contribution in [1.82, 2.24) is 9.97 Å². The van der Waals surface area contributed by atoms with Crippen molar-refractivity contribution in [3.63, 3.8) is 0 Å². The number of hydrogen-bond acceptors (Lipinski definition) is 5. The van der Waals surface area contributed by atoms with E-state index >= 15 is 0 Å². The summed E-state index contributed by atoms with van der Waals surface area (Å²) in [5.74, 6) is 0.145. The van der Waals surface area contributed by atoms with Gasteiger partial charge >= 0.3 is 6.09 Å². The first-order valence-corrected chi connectivity index (χ1v) is 7.47. The molecular weight excluding hydrogens is 352 g/mol. The average molecular weight is 358 g/mol. The summed E-state index contributed by atoms with van der Waals surface area (Å²) < 4.78 is 12.4. The fourth-order valence-corrected chi connectivity index (χ4v) is 3.64. The zero-order valence-corrected chi connectivity index (χ0v) is 13.0. The van der Waals surface area contributed by atoms with Crippen molar-refractivity contribution >= 4 is 56.7 Å². The van der Waals surface area contributed by atoms with Gasteiger partial charge < -0.3 is 0 Å². The fraction of sp³-hybridized carbons (Fsp3) is 0. The van der Waals surface area contributed by atoms with Gasteiger partial charge in [0.15, 0.2) is 5.82 Å².